The molecule has 2 aromatic rings. The molecule has 0 fully saturated rings. The topological polar surface area (TPSA) is 93.7 Å². The molecule has 2 N–H and O–H groups in total. The van der Waals surface area contributed by atoms with Crippen molar-refractivity contribution in [2.75, 3.05) is 20.3 Å². The standard InChI is InChI=1S/C13H11BrN2O5/c1-19-11-6(14)4-9-12(21-3-2-20-9)10(11)7-5-8(13(17)18)16-15-7/h4-5H,2-3H2,1H3,(H,15,16)(H,17,18). The molecule has 1 aliphatic rings. The Labute approximate surface area is 128 Å². The van der Waals surface area contributed by atoms with Gasteiger partial charge in [0.2, 0.25) is 0 Å². The monoisotopic (exact) mass is 354 g/mol. The Morgan fingerprint density at radius 3 is 2.86 bits per heavy atom. The van der Waals surface area contributed by atoms with Crippen molar-refractivity contribution in [2.24, 2.45) is 0 Å². The van der Waals surface area contributed by atoms with Gasteiger partial charge in [0, 0.05) is 6.07 Å². The molecule has 21 heavy (non-hydrogen) atoms. The summed E-state index contributed by atoms with van der Waals surface area (Å²) < 4.78 is 17.3. The van der Waals surface area contributed by atoms with Crippen molar-refractivity contribution in [3.8, 4) is 28.5 Å². The largest absolute Gasteiger partial charge is 0.495 e. The van der Waals surface area contributed by atoms with Crippen LogP contribution in [-0.4, -0.2) is 41.6 Å². The summed E-state index contributed by atoms with van der Waals surface area (Å²) in [5.74, 6) is 0.463. The number of aromatic carboxylic acids is 1. The van der Waals surface area contributed by atoms with Gasteiger partial charge in [-0.15, -0.1) is 0 Å². The predicted molar refractivity (Wildman–Crippen MR) is 76.2 cm³/mol. The molecule has 0 atom stereocenters. The molecule has 0 aliphatic carbocycles. The Bertz CT molecular complexity index is 713. The number of nitrogens with one attached hydrogen (secondary N) is 1. The zero-order chi connectivity index (χ0) is 15.0. The molecule has 0 bridgehead atoms. The number of methoxy groups -OCH3 is 1. The summed E-state index contributed by atoms with van der Waals surface area (Å²) >= 11 is 3.40. The van der Waals surface area contributed by atoms with Crippen LogP contribution in [0.3, 0.4) is 0 Å². The normalized spacial score (nSPS) is 13.0. The molecule has 0 unspecified atom stereocenters. The van der Waals surface area contributed by atoms with Crippen LogP contribution in [-0.2, 0) is 0 Å². The lowest BCUT2D eigenvalue weighted by atomic mass is 10.1. The van der Waals surface area contributed by atoms with Gasteiger partial charge >= 0.3 is 5.97 Å². The number of rotatable bonds is 3. The van der Waals surface area contributed by atoms with Crippen LogP contribution in [0.1, 0.15) is 10.5 Å². The molecular formula is C13H11BrN2O5. The van der Waals surface area contributed by atoms with E-state index in [4.69, 9.17) is 19.3 Å². The van der Waals surface area contributed by atoms with Crippen LogP contribution < -0.4 is 14.2 Å². The van der Waals surface area contributed by atoms with Crippen LogP contribution in [0.4, 0.5) is 0 Å². The minimum atomic E-state index is -1.09. The third kappa shape index (κ3) is 2.31. The molecule has 0 radical (unpaired) electrons. The third-order valence-corrected chi connectivity index (χ3v) is 3.60. The average Bonchev–Trinajstić information content (AvgIpc) is 2.95. The molecule has 1 aliphatic heterocycles. The molecule has 8 heteroatoms. The molecular weight excluding hydrogens is 344 g/mol. The van der Waals surface area contributed by atoms with E-state index < -0.39 is 5.97 Å². The van der Waals surface area contributed by atoms with E-state index in [0.29, 0.717) is 46.2 Å². The second kappa shape index (κ2) is 5.28. The van der Waals surface area contributed by atoms with E-state index in [0.717, 1.165) is 0 Å². The first kappa shape index (κ1) is 13.7. The van der Waals surface area contributed by atoms with Gasteiger partial charge in [0.15, 0.2) is 11.5 Å². The summed E-state index contributed by atoms with van der Waals surface area (Å²) in [7, 11) is 1.52. The molecule has 2 heterocycles. The van der Waals surface area contributed by atoms with E-state index in [-0.39, 0.29) is 5.69 Å². The maximum Gasteiger partial charge on any atom is 0.353 e. The van der Waals surface area contributed by atoms with E-state index in [1.807, 2.05) is 0 Å². The van der Waals surface area contributed by atoms with Crippen molar-refractivity contribution < 1.29 is 24.1 Å². The highest BCUT2D eigenvalue weighted by Gasteiger charge is 2.26. The summed E-state index contributed by atoms with van der Waals surface area (Å²) in [6.45, 7) is 0.854. The Morgan fingerprint density at radius 1 is 1.43 bits per heavy atom. The lowest BCUT2D eigenvalue weighted by molar-refractivity contribution is 0.0690. The highest BCUT2D eigenvalue weighted by Crippen LogP contribution is 2.49. The maximum atomic E-state index is 11.0. The zero-order valence-electron chi connectivity index (χ0n) is 11.0. The summed E-state index contributed by atoms with van der Waals surface area (Å²) in [4.78, 5) is 11.0. The summed E-state index contributed by atoms with van der Waals surface area (Å²) in [5, 5.41) is 15.5. The number of fused-ring (bicyclic) bond motifs is 1. The molecule has 0 saturated carbocycles. The Morgan fingerprint density at radius 2 is 2.19 bits per heavy atom. The number of H-pyrrole nitrogens is 1. The third-order valence-electron chi connectivity index (χ3n) is 3.01. The number of carbonyl (C=O) groups is 1. The van der Waals surface area contributed by atoms with Gasteiger partial charge < -0.3 is 19.3 Å². The van der Waals surface area contributed by atoms with Crippen LogP contribution in [0.15, 0.2) is 16.6 Å². The predicted octanol–water partition coefficient (Wildman–Crippen LogP) is 2.32. The quantitative estimate of drug-likeness (QED) is 0.878. The van der Waals surface area contributed by atoms with E-state index in [1.54, 1.807) is 6.07 Å². The van der Waals surface area contributed by atoms with E-state index in [2.05, 4.69) is 26.1 Å². The first-order valence-electron chi connectivity index (χ1n) is 6.07. The van der Waals surface area contributed by atoms with Gasteiger partial charge in [-0.2, -0.15) is 5.10 Å². The Kier molecular flexibility index (Phi) is 3.46. The first-order valence-corrected chi connectivity index (χ1v) is 6.86. The van der Waals surface area contributed by atoms with Gasteiger partial charge in [-0.1, -0.05) is 0 Å². The molecule has 7 nitrogen and oxygen atoms in total. The van der Waals surface area contributed by atoms with Crippen molar-refractivity contribution in [3.63, 3.8) is 0 Å². The smallest absolute Gasteiger partial charge is 0.353 e. The van der Waals surface area contributed by atoms with Gasteiger partial charge in [-0.3, -0.25) is 5.10 Å². The number of aromatic amines is 1. The highest BCUT2D eigenvalue weighted by atomic mass is 79.9. The number of nitrogens with zero attached hydrogens (tertiary/aromatic N) is 1. The average molecular weight is 355 g/mol. The summed E-state index contributed by atoms with van der Waals surface area (Å²) in [6.07, 6.45) is 0. The van der Waals surface area contributed by atoms with E-state index >= 15 is 0 Å². The van der Waals surface area contributed by atoms with Crippen molar-refractivity contribution in [2.45, 2.75) is 0 Å². The van der Waals surface area contributed by atoms with Crippen molar-refractivity contribution >= 4 is 21.9 Å². The molecule has 0 spiro atoms. The van der Waals surface area contributed by atoms with Gasteiger partial charge in [0.05, 0.1) is 17.1 Å². The lowest BCUT2D eigenvalue weighted by Gasteiger charge is -2.22. The number of carboxylic acid groups (broad SMARTS) is 1. The fourth-order valence-corrected chi connectivity index (χ4v) is 2.70. The van der Waals surface area contributed by atoms with Gasteiger partial charge in [0.25, 0.3) is 0 Å². The van der Waals surface area contributed by atoms with Gasteiger partial charge in [-0.25, -0.2) is 4.79 Å². The lowest BCUT2D eigenvalue weighted by Crippen LogP contribution is -2.16. The molecule has 0 saturated heterocycles. The summed E-state index contributed by atoms with van der Waals surface area (Å²) in [6, 6.07) is 3.17. The van der Waals surface area contributed by atoms with Crippen molar-refractivity contribution in [1.82, 2.24) is 10.2 Å². The molecule has 110 valence electrons. The fourth-order valence-electron chi connectivity index (χ4n) is 2.13. The molecule has 1 aromatic carbocycles. The molecule has 0 amide bonds. The minimum absolute atomic E-state index is 0.0162. The number of hydrogen-bond acceptors (Lipinski definition) is 5. The fraction of sp³-hybridized carbons (Fsp3) is 0.231. The maximum absolute atomic E-state index is 11.0. The first-order chi connectivity index (χ1) is 10.1. The number of ether oxygens (including phenoxy) is 3. The Hall–Kier alpha value is -2.22. The second-order valence-electron chi connectivity index (χ2n) is 4.26. The van der Waals surface area contributed by atoms with E-state index in [9.17, 15) is 4.79 Å². The van der Waals surface area contributed by atoms with Crippen LogP contribution >= 0.6 is 15.9 Å². The van der Waals surface area contributed by atoms with Crippen molar-refractivity contribution in [1.29, 1.82) is 0 Å². The number of hydrogen-bond donors (Lipinski definition) is 2. The zero-order valence-corrected chi connectivity index (χ0v) is 12.6. The second-order valence-corrected chi connectivity index (χ2v) is 5.12. The van der Waals surface area contributed by atoms with Gasteiger partial charge in [-0.05, 0) is 22.0 Å². The number of benzene rings is 1. The molecule has 3 rings (SSSR count). The van der Waals surface area contributed by atoms with Crippen LogP contribution in [0.5, 0.6) is 17.2 Å². The summed E-state index contributed by atoms with van der Waals surface area (Å²) in [5.41, 5.74) is 0.940. The van der Waals surface area contributed by atoms with Crippen molar-refractivity contribution in [3.05, 3.63) is 22.3 Å². The Balaban J connectivity index is 2.23. The molecule has 1 aromatic heterocycles. The number of halogens is 1. The van der Waals surface area contributed by atoms with Crippen LogP contribution in [0.2, 0.25) is 0 Å². The van der Waals surface area contributed by atoms with E-state index in [1.165, 1.54) is 13.2 Å². The SMILES string of the molecule is COc1c(Br)cc2c(c1-c1cc(C(=O)O)[nH]n1)OCCO2. The van der Waals surface area contributed by atoms with Crippen LogP contribution in [0.25, 0.3) is 11.3 Å². The van der Waals surface area contributed by atoms with Crippen LogP contribution in [0, 0.1) is 0 Å². The minimum Gasteiger partial charge on any atom is -0.495 e. The number of carboxylic acids is 1. The number of aromatic nitrogens is 2. The highest BCUT2D eigenvalue weighted by molar-refractivity contribution is 9.10. The van der Waals surface area contributed by atoms with Gasteiger partial charge in [0.1, 0.15) is 30.4 Å².